The third kappa shape index (κ3) is 6.33. The normalized spacial score (nSPS) is 21.6. The van der Waals surface area contributed by atoms with E-state index in [4.69, 9.17) is 19.9 Å². The number of piperazine rings is 1. The number of benzene rings is 1. The summed E-state index contributed by atoms with van der Waals surface area (Å²) in [5, 5.41) is 11.1. The van der Waals surface area contributed by atoms with Crippen LogP contribution in [-0.4, -0.2) is 74.4 Å². The monoisotopic (exact) mass is 530 g/mol. The molecule has 0 spiro atoms. The lowest BCUT2D eigenvalue weighted by Gasteiger charge is -2.38. The Balaban J connectivity index is 1.22. The third-order valence-corrected chi connectivity index (χ3v) is 8.33. The summed E-state index contributed by atoms with van der Waals surface area (Å²) in [6.07, 6.45) is 7.95. The van der Waals surface area contributed by atoms with Crippen LogP contribution in [0.3, 0.4) is 0 Å². The standard InChI is InChI=1S/C25H34N6O3S2/c1-17(2)34-23-7-6-20(36(26,32)33)13-21(23)28-25-29-22(16-35-25)19-5-8-24(27-14-19)31-11-9-30(10-12-31)15-18-3-4-18/h5-7,13-14,16-18,24H,3-4,8-12,15H2,1-2H3,(H,28,29)(H2,26,32,33). The van der Waals surface area contributed by atoms with Crippen molar-refractivity contribution in [3.63, 3.8) is 0 Å². The summed E-state index contributed by atoms with van der Waals surface area (Å²) in [7, 11) is -3.84. The van der Waals surface area contributed by atoms with E-state index in [1.807, 2.05) is 25.4 Å². The number of rotatable bonds is 9. The fraction of sp³-hybridized carbons (Fsp3) is 0.520. The van der Waals surface area contributed by atoms with Crippen LogP contribution in [0.15, 0.2) is 39.5 Å². The smallest absolute Gasteiger partial charge is 0.238 e. The van der Waals surface area contributed by atoms with Gasteiger partial charge in [-0.1, -0.05) is 6.08 Å². The summed E-state index contributed by atoms with van der Waals surface area (Å²) in [5.74, 6) is 1.48. The van der Waals surface area contributed by atoms with Crippen molar-refractivity contribution in [3.8, 4) is 5.75 Å². The lowest BCUT2D eigenvalue weighted by atomic mass is 10.1. The Bertz CT molecular complexity index is 1240. The average molecular weight is 531 g/mol. The molecule has 2 aromatic rings. The molecule has 9 nitrogen and oxygen atoms in total. The number of anilines is 2. The molecule has 2 aliphatic heterocycles. The number of primary sulfonamides is 1. The number of thiazole rings is 1. The molecule has 3 aliphatic rings. The van der Waals surface area contributed by atoms with E-state index in [9.17, 15) is 8.42 Å². The minimum atomic E-state index is -3.84. The lowest BCUT2D eigenvalue weighted by Crippen LogP contribution is -2.50. The van der Waals surface area contributed by atoms with Gasteiger partial charge >= 0.3 is 0 Å². The highest BCUT2D eigenvalue weighted by Crippen LogP contribution is 2.34. The average Bonchev–Trinajstić information content (AvgIpc) is 3.54. The van der Waals surface area contributed by atoms with Crippen LogP contribution in [0.1, 0.15) is 38.8 Å². The first-order chi connectivity index (χ1) is 17.2. The highest BCUT2D eigenvalue weighted by Gasteiger charge is 2.28. The van der Waals surface area contributed by atoms with Gasteiger partial charge in [-0.15, -0.1) is 11.3 Å². The van der Waals surface area contributed by atoms with Gasteiger partial charge in [0.25, 0.3) is 0 Å². The number of aromatic nitrogens is 1. The number of hydrogen-bond donors (Lipinski definition) is 2. The van der Waals surface area contributed by atoms with E-state index < -0.39 is 10.0 Å². The van der Waals surface area contributed by atoms with E-state index >= 15 is 0 Å². The molecule has 36 heavy (non-hydrogen) atoms. The fourth-order valence-electron chi connectivity index (χ4n) is 4.56. The lowest BCUT2D eigenvalue weighted by molar-refractivity contribution is 0.0967. The second-order valence-corrected chi connectivity index (χ2v) is 12.4. The van der Waals surface area contributed by atoms with Gasteiger partial charge < -0.3 is 15.0 Å². The Kier molecular flexibility index (Phi) is 7.45. The fourth-order valence-corrected chi connectivity index (χ4v) is 5.83. The van der Waals surface area contributed by atoms with E-state index in [1.165, 1.54) is 42.9 Å². The molecule has 1 aliphatic carbocycles. The molecule has 3 N–H and O–H groups in total. The summed E-state index contributed by atoms with van der Waals surface area (Å²) in [6.45, 7) is 9.50. The molecule has 1 saturated heterocycles. The number of hydrogen-bond acceptors (Lipinski definition) is 9. The Morgan fingerprint density at radius 1 is 1.22 bits per heavy atom. The number of allylic oxidation sites excluding steroid dienone is 1. The summed E-state index contributed by atoms with van der Waals surface area (Å²) < 4.78 is 29.5. The number of nitrogens with zero attached hydrogens (tertiary/aromatic N) is 4. The van der Waals surface area contributed by atoms with Crippen molar-refractivity contribution in [2.24, 2.45) is 16.0 Å². The van der Waals surface area contributed by atoms with E-state index in [-0.39, 0.29) is 17.2 Å². The molecule has 1 aromatic heterocycles. The second kappa shape index (κ2) is 10.6. The first-order valence-electron chi connectivity index (χ1n) is 12.5. The van der Waals surface area contributed by atoms with Crippen LogP contribution >= 0.6 is 11.3 Å². The zero-order valence-corrected chi connectivity index (χ0v) is 22.4. The van der Waals surface area contributed by atoms with Gasteiger partial charge in [-0.25, -0.2) is 18.5 Å². The minimum Gasteiger partial charge on any atom is -0.489 e. The number of aliphatic imine (C=N–C) groups is 1. The largest absolute Gasteiger partial charge is 0.489 e. The molecule has 1 aromatic carbocycles. The Morgan fingerprint density at radius 3 is 2.64 bits per heavy atom. The third-order valence-electron chi connectivity index (χ3n) is 6.66. The summed E-state index contributed by atoms with van der Waals surface area (Å²) in [6, 6.07) is 4.53. The zero-order valence-electron chi connectivity index (χ0n) is 20.8. The summed E-state index contributed by atoms with van der Waals surface area (Å²) in [5.41, 5.74) is 2.34. The maximum atomic E-state index is 11.9. The predicted octanol–water partition coefficient (Wildman–Crippen LogP) is 3.53. The molecule has 0 bridgehead atoms. The van der Waals surface area contributed by atoms with Crippen molar-refractivity contribution in [2.45, 2.75) is 50.3 Å². The second-order valence-electron chi connectivity index (χ2n) is 9.97. The van der Waals surface area contributed by atoms with Gasteiger partial charge in [0.2, 0.25) is 10.0 Å². The molecule has 1 saturated carbocycles. The van der Waals surface area contributed by atoms with Crippen molar-refractivity contribution >= 4 is 44.0 Å². The molecule has 1 atom stereocenters. The van der Waals surface area contributed by atoms with Gasteiger partial charge in [-0.2, -0.15) is 0 Å². The van der Waals surface area contributed by atoms with Gasteiger partial charge in [0.1, 0.15) is 11.9 Å². The van der Waals surface area contributed by atoms with Crippen molar-refractivity contribution < 1.29 is 13.2 Å². The van der Waals surface area contributed by atoms with E-state index in [2.05, 4.69) is 21.2 Å². The SMILES string of the molecule is CC(C)Oc1ccc(S(N)(=O)=O)cc1Nc1nc(C2=CCC(N3CCN(CC4CC4)CC3)N=C2)cs1. The van der Waals surface area contributed by atoms with E-state index in [1.54, 1.807) is 6.07 Å². The van der Waals surface area contributed by atoms with Gasteiger partial charge in [-0.3, -0.25) is 9.89 Å². The minimum absolute atomic E-state index is 0.0134. The summed E-state index contributed by atoms with van der Waals surface area (Å²) in [4.78, 5) is 14.7. The maximum absolute atomic E-state index is 11.9. The number of nitrogens with two attached hydrogens (primary N) is 1. The number of nitrogens with one attached hydrogen (secondary N) is 1. The topological polar surface area (TPSA) is 113 Å². The molecular weight excluding hydrogens is 496 g/mol. The van der Waals surface area contributed by atoms with Crippen LogP contribution in [0.2, 0.25) is 0 Å². The van der Waals surface area contributed by atoms with Crippen LogP contribution in [0.5, 0.6) is 5.75 Å². The van der Waals surface area contributed by atoms with Gasteiger partial charge in [0, 0.05) is 56.3 Å². The highest BCUT2D eigenvalue weighted by atomic mass is 32.2. The molecule has 0 radical (unpaired) electrons. The van der Waals surface area contributed by atoms with Crippen LogP contribution in [0.4, 0.5) is 10.8 Å². The van der Waals surface area contributed by atoms with Crippen molar-refractivity contribution in [1.29, 1.82) is 0 Å². The van der Waals surface area contributed by atoms with Crippen LogP contribution in [-0.2, 0) is 10.0 Å². The van der Waals surface area contributed by atoms with Crippen LogP contribution in [0.25, 0.3) is 5.57 Å². The van der Waals surface area contributed by atoms with Crippen molar-refractivity contribution in [1.82, 2.24) is 14.8 Å². The molecule has 0 amide bonds. The van der Waals surface area contributed by atoms with Crippen LogP contribution in [0, 0.1) is 5.92 Å². The van der Waals surface area contributed by atoms with Crippen molar-refractivity contribution in [2.75, 3.05) is 38.0 Å². The molecule has 194 valence electrons. The molecule has 11 heteroatoms. The Labute approximate surface area is 217 Å². The first-order valence-corrected chi connectivity index (χ1v) is 14.9. The molecule has 1 unspecified atom stereocenters. The number of sulfonamides is 1. The van der Waals surface area contributed by atoms with Crippen LogP contribution < -0.4 is 15.2 Å². The first kappa shape index (κ1) is 25.3. The zero-order chi connectivity index (χ0) is 25.3. The molecule has 3 heterocycles. The Morgan fingerprint density at radius 2 is 2.00 bits per heavy atom. The van der Waals surface area contributed by atoms with Gasteiger partial charge in [-0.05, 0) is 50.8 Å². The molecular formula is C25H34N6O3S2. The van der Waals surface area contributed by atoms with Gasteiger partial charge in [0.15, 0.2) is 5.13 Å². The summed E-state index contributed by atoms with van der Waals surface area (Å²) >= 11 is 1.44. The van der Waals surface area contributed by atoms with Gasteiger partial charge in [0.05, 0.1) is 22.4 Å². The number of dihydropyridines is 1. The van der Waals surface area contributed by atoms with E-state index in [0.717, 1.165) is 49.8 Å². The number of ether oxygens (including phenoxy) is 1. The highest BCUT2D eigenvalue weighted by molar-refractivity contribution is 7.89. The predicted molar refractivity (Wildman–Crippen MR) is 145 cm³/mol. The molecule has 2 fully saturated rings. The van der Waals surface area contributed by atoms with E-state index in [0.29, 0.717) is 16.6 Å². The quantitative estimate of drug-likeness (QED) is 0.510. The Hall–Kier alpha value is -2.31. The van der Waals surface area contributed by atoms with Crippen molar-refractivity contribution in [3.05, 3.63) is 35.3 Å². The molecule has 5 rings (SSSR count). The maximum Gasteiger partial charge on any atom is 0.238 e.